The van der Waals surface area contributed by atoms with E-state index in [0.29, 0.717) is 4.31 Å². The van der Waals surface area contributed by atoms with Crippen molar-refractivity contribution in [2.75, 3.05) is 0 Å². The molecule has 11 nitrogen and oxygen atoms in total. The van der Waals surface area contributed by atoms with E-state index in [9.17, 15) is 28.1 Å². The van der Waals surface area contributed by atoms with Gasteiger partial charge in [0, 0.05) is 18.2 Å². The normalized spacial score (nSPS) is 12.4. The van der Waals surface area contributed by atoms with E-state index in [1.807, 2.05) is 0 Å². The van der Waals surface area contributed by atoms with E-state index in [0.717, 1.165) is 12.1 Å². The van der Waals surface area contributed by atoms with Crippen molar-refractivity contribution < 1.29 is 33.2 Å². The molecule has 3 N–H and O–H groups in total. The second-order valence-corrected chi connectivity index (χ2v) is 7.81. The Bertz CT molecular complexity index is 1050. The van der Waals surface area contributed by atoms with Crippen LogP contribution < -0.4 is 5.48 Å². The van der Waals surface area contributed by atoms with Gasteiger partial charge in [-0.1, -0.05) is 24.3 Å². The van der Waals surface area contributed by atoms with Crippen LogP contribution in [0.2, 0.25) is 0 Å². The first-order valence-corrected chi connectivity index (χ1v) is 9.55. The number of nitro benzene ring substituents is 1. The molecule has 2 aromatic carbocycles. The largest absolute Gasteiger partial charge is 0.478 e. The van der Waals surface area contributed by atoms with Crippen LogP contribution in [-0.2, 0) is 21.4 Å². The van der Waals surface area contributed by atoms with Crippen LogP contribution in [0.1, 0.15) is 22.8 Å². The molecule has 0 heterocycles. The highest BCUT2D eigenvalue weighted by molar-refractivity contribution is 7.89. The zero-order chi connectivity index (χ0) is 21.8. The van der Waals surface area contributed by atoms with Crippen LogP contribution in [0, 0.1) is 10.1 Å². The number of carbonyl (C=O) groups is 2. The van der Waals surface area contributed by atoms with Crippen molar-refractivity contribution in [2.24, 2.45) is 0 Å². The van der Waals surface area contributed by atoms with Crippen molar-refractivity contribution in [2.45, 2.75) is 24.4 Å². The lowest BCUT2D eigenvalue weighted by Gasteiger charge is -2.27. The lowest BCUT2D eigenvalue weighted by Crippen LogP contribution is -2.46. The van der Waals surface area contributed by atoms with E-state index in [1.54, 1.807) is 0 Å². The molecule has 2 rings (SSSR count). The molecule has 29 heavy (non-hydrogen) atoms. The molecule has 0 aliphatic heterocycles. The number of carbonyl (C=O) groups excluding carboxylic acids is 1. The Morgan fingerprint density at radius 2 is 1.86 bits per heavy atom. The smallest absolute Gasteiger partial charge is 0.335 e. The molecular weight excluding hydrogens is 406 g/mol. The highest BCUT2D eigenvalue weighted by Gasteiger charge is 2.35. The Morgan fingerprint density at radius 3 is 2.45 bits per heavy atom. The van der Waals surface area contributed by atoms with Gasteiger partial charge in [-0.3, -0.25) is 20.1 Å². The van der Waals surface area contributed by atoms with Crippen molar-refractivity contribution in [3.05, 3.63) is 69.8 Å². The highest BCUT2D eigenvalue weighted by Crippen LogP contribution is 2.26. The number of hydrogen-bond donors (Lipinski definition) is 3. The molecule has 154 valence electrons. The Balaban J connectivity index is 2.59. The van der Waals surface area contributed by atoms with Gasteiger partial charge in [0.2, 0.25) is 10.0 Å². The Labute approximate surface area is 165 Å². The van der Waals surface area contributed by atoms with Gasteiger partial charge in [0.15, 0.2) is 0 Å². The average molecular weight is 423 g/mol. The molecule has 0 spiro atoms. The number of hydroxylamine groups is 1. The molecule has 0 fully saturated rings. The third kappa shape index (κ3) is 4.74. The topological polar surface area (TPSA) is 167 Å². The fourth-order valence-corrected chi connectivity index (χ4v) is 4.19. The fraction of sp³-hybridized carbons (Fsp3) is 0.176. The maximum Gasteiger partial charge on any atom is 0.335 e. The first kappa shape index (κ1) is 21.9. The minimum atomic E-state index is -4.48. The quantitative estimate of drug-likeness (QED) is 0.325. The van der Waals surface area contributed by atoms with Gasteiger partial charge in [0.05, 0.1) is 15.4 Å². The van der Waals surface area contributed by atoms with Crippen molar-refractivity contribution in [3.8, 4) is 0 Å². The van der Waals surface area contributed by atoms with Gasteiger partial charge in [-0.15, -0.1) is 0 Å². The number of benzene rings is 2. The summed E-state index contributed by atoms with van der Waals surface area (Å²) in [5, 5.41) is 29.3. The van der Waals surface area contributed by atoms with Crippen LogP contribution in [0.15, 0.2) is 53.4 Å². The molecule has 0 bridgehead atoms. The van der Waals surface area contributed by atoms with Crippen LogP contribution in [0.3, 0.4) is 0 Å². The summed E-state index contributed by atoms with van der Waals surface area (Å²) < 4.78 is 27.0. The number of hydrogen-bond acceptors (Lipinski definition) is 7. The molecule has 0 aliphatic carbocycles. The molecule has 2 aromatic rings. The number of rotatable bonds is 8. The van der Waals surface area contributed by atoms with Gasteiger partial charge in [0.1, 0.15) is 6.04 Å². The Kier molecular flexibility index (Phi) is 6.64. The molecule has 0 radical (unpaired) electrons. The molecular formula is C17H17N3O8S. The molecule has 12 heteroatoms. The van der Waals surface area contributed by atoms with Crippen LogP contribution in [-0.4, -0.2) is 45.9 Å². The summed E-state index contributed by atoms with van der Waals surface area (Å²) in [6.07, 6.45) is 0. The SMILES string of the molecule is CC(C(=O)NO)N(Cc1ccccc1[N+](=O)[O-])S(=O)(=O)c1cccc(C(=O)O)c1. The number of aromatic carboxylic acids is 1. The molecule has 0 aliphatic rings. The zero-order valence-electron chi connectivity index (χ0n) is 15.0. The highest BCUT2D eigenvalue weighted by atomic mass is 32.2. The Morgan fingerprint density at radius 1 is 1.21 bits per heavy atom. The lowest BCUT2D eigenvalue weighted by atomic mass is 10.1. The third-order valence-electron chi connectivity index (χ3n) is 4.12. The van der Waals surface area contributed by atoms with Gasteiger partial charge in [0.25, 0.3) is 11.6 Å². The van der Waals surface area contributed by atoms with Crippen molar-refractivity contribution >= 4 is 27.6 Å². The molecule has 0 saturated carbocycles. The van der Waals surface area contributed by atoms with Crippen molar-refractivity contribution in [3.63, 3.8) is 0 Å². The Hall–Kier alpha value is -3.35. The van der Waals surface area contributed by atoms with Crippen LogP contribution in [0.5, 0.6) is 0 Å². The number of nitrogens with one attached hydrogen (secondary N) is 1. The van der Waals surface area contributed by atoms with Crippen molar-refractivity contribution in [1.29, 1.82) is 0 Å². The van der Waals surface area contributed by atoms with E-state index in [1.165, 1.54) is 48.8 Å². The molecule has 1 atom stereocenters. The summed E-state index contributed by atoms with van der Waals surface area (Å²) in [7, 11) is -4.48. The van der Waals surface area contributed by atoms with Crippen molar-refractivity contribution in [1.82, 2.24) is 9.79 Å². The summed E-state index contributed by atoms with van der Waals surface area (Å²) in [4.78, 5) is 33.2. The second-order valence-electron chi connectivity index (χ2n) is 5.92. The minimum absolute atomic E-state index is 0.00746. The molecule has 0 saturated heterocycles. The van der Waals surface area contributed by atoms with Gasteiger partial charge in [-0.05, 0) is 25.1 Å². The fourth-order valence-electron chi connectivity index (χ4n) is 2.57. The summed E-state index contributed by atoms with van der Waals surface area (Å²) in [5.74, 6) is -2.42. The zero-order valence-corrected chi connectivity index (χ0v) is 15.9. The van der Waals surface area contributed by atoms with Crippen LogP contribution in [0.25, 0.3) is 0 Å². The summed E-state index contributed by atoms with van der Waals surface area (Å²) in [6.45, 7) is 0.615. The van der Waals surface area contributed by atoms with E-state index < -0.39 is 44.3 Å². The maximum atomic E-state index is 13.2. The first-order valence-electron chi connectivity index (χ1n) is 8.11. The van der Waals surface area contributed by atoms with Gasteiger partial charge in [-0.2, -0.15) is 4.31 Å². The summed E-state index contributed by atoms with van der Waals surface area (Å²) >= 11 is 0. The van der Waals surface area contributed by atoms with Crippen LogP contribution in [0.4, 0.5) is 5.69 Å². The average Bonchev–Trinajstić information content (AvgIpc) is 2.70. The van der Waals surface area contributed by atoms with Gasteiger partial charge in [-0.25, -0.2) is 18.7 Å². The van der Waals surface area contributed by atoms with Gasteiger partial charge < -0.3 is 5.11 Å². The third-order valence-corrected chi connectivity index (χ3v) is 6.04. The number of amides is 1. The molecule has 1 unspecified atom stereocenters. The number of sulfonamides is 1. The van der Waals surface area contributed by atoms with E-state index in [4.69, 9.17) is 10.3 Å². The number of nitro groups is 1. The maximum absolute atomic E-state index is 13.2. The minimum Gasteiger partial charge on any atom is -0.478 e. The number of carboxylic acids is 1. The number of carboxylic acid groups (broad SMARTS) is 1. The van der Waals surface area contributed by atoms with E-state index in [-0.39, 0.29) is 16.8 Å². The standard InChI is InChI=1S/C17H17N3O8S/c1-11(16(21)18-24)19(10-13-5-2-3-8-15(13)20(25)26)29(27,28)14-7-4-6-12(9-14)17(22)23/h2-9,11,24H,10H2,1H3,(H,18,21)(H,22,23). The predicted molar refractivity (Wildman–Crippen MR) is 98.6 cm³/mol. The number of nitrogens with zero attached hydrogens (tertiary/aromatic N) is 2. The van der Waals surface area contributed by atoms with E-state index in [2.05, 4.69) is 0 Å². The van der Waals surface area contributed by atoms with Crippen LogP contribution >= 0.6 is 0 Å². The second kappa shape index (κ2) is 8.77. The predicted octanol–water partition coefficient (Wildman–Crippen LogP) is 1.38. The number of para-hydroxylation sites is 1. The summed E-state index contributed by atoms with van der Waals surface area (Å²) in [5.41, 5.74) is 0.703. The first-order chi connectivity index (χ1) is 13.6. The van der Waals surface area contributed by atoms with Gasteiger partial charge >= 0.3 is 5.97 Å². The lowest BCUT2D eigenvalue weighted by molar-refractivity contribution is -0.385. The summed E-state index contributed by atoms with van der Waals surface area (Å²) in [6, 6.07) is 8.38. The monoisotopic (exact) mass is 423 g/mol. The van der Waals surface area contributed by atoms with E-state index >= 15 is 0 Å². The molecule has 0 aromatic heterocycles. The molecule has 1 amide bonds.